The Balaban J connectivity index is 2.19. The molecule has 0 saturated carbocycles. The first-order chi connectivity index (χ1) is 10.3. The fourth-order valence-electron chi connectivity index (χ4n) is 2.86. The maximum absolute atomic E-state index is 12.5. The van der Waals surface area contributed by atoms with Gasteiger partial charge in [-0.2, -0.15) is 0 Å². The van der Waals surface area contributed by atoms with Crippen molar-refractivity contribution in [3.8, 4) is 0 Å². The Kier molecular flexibility index (Phi) is 5.11. The average Bonchev–Trinajstić information content (AvgIpc) is 2.89. The van der Waals surface area contributed by atoms with E-state index in [0.29, 0.717) is 5.56 Å². The second-order valence-electron chi connectivity index (χ2n) is 6.18. The van der Waals surface area contributed by atoms with Gasteiger partial charge in [-0.1, -0.05) is 11.6 Å². The minimum atomic E-state index is -3.11. The Hall–Kier alpha value is -1.56. The first-order valence-corrected chi connectivity index (χ1v) is 9.66. The molecule has 5 nitrogen and oxygen atoms in total. The number of rotatable bonds is 5. The van der Waals surface area contributed by atoms with Crippen molar-refractivity contribution in [2.45, 2.75) is 32.7 Å². The summed E-state index contributed by atoms with van der Waals surface area (Å²) in [5.41, 5.74) is 2.58. The van der Waals surface area contributed by atoms with Gasteiger partial charge in [0.2, 0.25) is 0 Å². The van der Waals surface area contributed by atoms with E-state index in [9.17, 15) is 13.2 Å². The summed E-state index contributed by atoms with van der Waals surface area (Å²) in [4.78, 5) is 14.8. The third kappa shape index (κ3) is 4.47. The lowest BCUT2D eigenvalue weighted by Gasteiger charge is -2.22. The standard InChI is InChI=1S/C16H24N2O3S/c1-12-6-7-15(18-8-4-5-9-18)14(10-12)16(19)17-13(2)11-22(3,20)21/h6-7,10,13H,4-5,8-9,11H2,1-3H3,(H,17,19)/t13-/m0/s1. The number of anilines is 1. The number of aryl methyl sites for hydroxylation is 1. The molecule has 1 heterocycles. The molecule has 1 N–H and O–H groups in total. The molecule has 0 radical (unpaired) electrons. The zero-order valence-corrected chi connectivity index (χ0v) is 14.2. The van der Waals surface area contributed by atoms with E-state index >= 15 is 0 Å². The number of nitrogens with one attached hydrogen (secondary N) is 1. The summed E-state index contributed by atoms with van der Waals surface area (Å²) in [6, 6.07) is 5.45. The maximum Gasteiger partial charge on any atom is 0.253 e. The van der Waals surface area contributed by atoms with Crippen LogP contribution in [0.15, 0.2) is 18.2 Å². The molecular weight excluding hydrogens is 300 g/mol. The fraction of sp³-hybridized carbons (Fsp3) is 0.562. The van der Waals surface area contributed by atoms with Crippen LogP contribution >= 0.6 is 0 Å². The molecule has 6 heteroatoms. The van der Waals surface area contributed by atoms with Gasteiger partial charge in [0.1, 0.15) is 9.84 Å². The Morgan fingerprint density at radius 2 is 1.95 bits per heavy atom. The van der Waals surface area contributed by atoms with Crippen LogP contribution in [0, 0.1) is 6.92 Å². The van der Waals surface area contributed by atoms with E-state index in [-0.39, 0.29) is 11.7 Å². The van der Waals surface area contributed by atoms with Crippen molar-refractivity contribution in [3.63, 3.8) is 0 Å². The Bertz CT molecular complexity index is 649. The number of nitrogens with zero attached hydrogens (tertiary/aromatic N) is 1. The minimum absolute atomic E-state index is 0.0520. The summed E-state index contributed by atoms with van der Waals surface area (Å²) >= 11 is 0. The predicted octanol–water partition coefficient (Wildman–Crippen LogP) is 1.76. The highest BCUT2D eigenvalue weighted by molar-refractivity contribution is 7.90. The van der Waals surface area contributed by atoms with Crippen molar-refractivity contribution < 1.29 is 13.2 Å². The third-order valence-electron chi connectivity index (χ3n) is 3.77. The number of carbonyl (C=O) groups excluding carboxylic acids is 1. The summed E-state index contributed by atoms with van der Waals surface area (Å²) in [5, 5.41) is 2.80. The minimum Gasteiger partial charge on any atom is -0.371 e. The first-order valence-electron chi connectivity index (χ1n) is 7.60. The van der Waals surface area contributed by atoms with Crippen LogP contribution in [0.5, 0.6) is 0 Å². The number of carbonyl (C=O) groups is 1. The number of hydrogen-bond donors (Lipinski definition) is 1. The highest BCUT2D eigenvalue weighted by Gasteiger charge is 2.21. The van der Waals surface area contributed by atoms with Gasteiger partial charge in [-0.25, -0.2) is 8.42 Å². The van der Waals surface area contributed by atoms with Crippen LogP contribution in [0.3, 0.4) is 0 Å². The largest absolute Gasteiger partial charge is 0.371 e. The maximum atomic E-state index is 12.5. The number of amides is 1. The summed E-state index contributed by atoms with van der Waals surface area (Å²) in [6.45, 7) is 5.58. The molecule has 122 valence electrons. The van der Waals surface area contributed by atoms with Crippen molar-refractivity contribution in [1.82, 2.24) is 5.32 Å². The smallest absolute Gasteiger partial charge is 0.253 e. The van der Waals surface area contributed by atoms with Crippen LogP contribution < -0.4 is 10.2 Å². The molecule has 1 amide bonds. The van der Waals surface area contributed by atoms with Gasteiger partial charge in [0.15, 0.2) is 0 Å². The lowest BCUT2D eigenvalue weighted by atomic mass is 10.1. The zero-order chi connectivity index (χ0) is 16.3. The van der Waals surface area contributed by atoms with Gasteiger partial charge in [0.25, 0.3) is 5.91 Å². The molecule has 0 unspecified atom stereocenters. The van der Waals surface area contributed by atoms with Crippen LogP contribution in [0.25, 0.3) is 0 Å². The first kappa shape index (κ1) is 16.8. The number of benzene rings is 1. The molecule has 1 atom stereocenters. The highest BCUT2D eigenvalue weighted by Crippen LogP contribution is 2.25. The van der Waals surface area contributed by atoms with Crippen molar-refractivity contribution in [1.29, 1.82) is 0 Å². The summed E-state index contributed by atoms with van der Waals surface area (Å²) in [7, 11) is -3.11. The van der Waals surface area contributed by atoms with Gasteiger partial charge in [-0.05, 0) is 38.8 Å². The fourth-order valence-corrected chi connectivity index (χ4v) is 3.85. The van der Waals surface area contributed by atoms with Crippen LogP contribution in [0.4, 0.5) is 5.69 Å². The van der Waals surface area contributed by atoms with Crippen molar-refractivity contribution >= 4 is 21.4 Å². The van der Waals surface area contributed by atoms with Gasteiger partial charge >= 0.3 is 0 Å². The lowest BCUT2D eigenvalue weighted by molar-refractivity contribution is 0.0944. The van der Waals surface area contributed by atoms with Crippen LogP contribution in [0.1, 0.15) is 35.7 Å². The molecular formula is C16H24N2O3S. The summed E-state index contributed by atoms with van der Waals surface area (Å²) in [6.07, 6.45) is 3.46. The van der Waals surface area contributed by atoms with Crippen molar-refractivity contribution in [2.75, 3.05) is 30.0 Å². The molecule has 1 aromatic carbocycles. The van der Waals surface area contributed by atoms with Gasteiger partial charge < -0.3 is 10.2 Å². The quantitative estimate of drug-likeness (QED) is 0.896. The Morgan fingerprint density at radius 3 is 2.55 bits per heavy atom. The molecule has 22 heavy (non-hydrogen) atoms. The van der Waals surface area contributed by atoms with Crippen LogP contribution in [0.2, 0.25) is 0 Å². The predicted molar refractivity (Wildman–Crippen MR) is 89.3 cm³/mol. The summed E-state index contributed by atoms with van der Waals surface area (Å²) in [5.74, 6) is -0.259. The van der Waals surface area contributed by atoms with Crippen molar-refractivity contribution in [2.24, 2.45) is 0 Å². The molecule has 2 rings (SSSR count). The SMILES string of the molecule is Cc1ccc(N2CCCC2)c(C(=O)N[C@@H](C)CS(C)(=O)=O)c1. The Labute approximate surface area is 132 Å². The molecule has 0 spiro atoms. The van der Waals surface area contributed by atoms with E-state index < -0.39 is 15.9 Å². The van der Waals surface area contributed by atoms with Gasteiger partial charge in [0, 0.05) is 31.1 Å². The molecule has 1 saturated heterocycles. The summed E-state index contributed by atoms with van der Waals surface area (Å²) < 4.78 is 22.7. The number of sulfone groups is 1. The lowest BCUT2D eigenvalue weighted by Crippen LogP contribution is -2.38. The zero-order valence-electron chi connectivity index (χ0n) is 13.4. The Morgan fingerprint density at radius 1 is 1.32 bits per heavy atom. The molecule has 1 aliphatic rings. The van der Waals surface area contributed by atoms with Crippen LogP contribution in [-0.4, -0.2) is 45.5 Å². The highest BCUT2D eigenvalue weighted by atomic mass is 32.2. The van der Waals surface area contributed by atoms with Gasteiger partial charge in [-0.15, -0.1) is 0 Å². The van der Waals surface area contributed by atoms with E-state index in [0.717, 1.165) is 37.2 Å². The molecule has 1 aromatic rings. The molecule has 0 bridgehead atoms. The van der Waals surface area contributed by atoms with Gasteiger partial charge in [0.05, 0.1) is 11.3 Å². The van der Waals surface area contributed by atoms with Crippen LogP contribution in [-0.2, 0) is 9.84 Å². The van der Waals surface area contributed by atoms with E-state index in [2.05, 4.69) is 10.2 Å². The topological polar surface area (TPSA) is 66.5 Å². The van der Waals surface area contributed by atoms with E-state index in [1.807, 2.05) is 25.1 Å². The molecule has 0 aromatic heterocycles. The second kappa shape index (κ2) is 6.69. The second-order valence-corrected chi connectivity index (χ2v) is 8.37. The molecule has 1 aliphatic heterocycles. The monoisotopic (exact) mass is 324 g/mol. The average molecular weight is 324 g/mol. The van der Waals surface area contributed by atoms with Gasteiger partial charge in [-0.3, -0.25) is 4.79 Å². The van der Waals surface area contributed by atoms with E-state index in [1.165, 1.54) is 6.26 Å². The molecule has 0 aliphatic carbocycles. The third-order valence-corrected chi connectivity index (χ3v) is 4.88. The van der Waals surface area contributed by atoms with E-state index in [4.69, 9.17) is 0 Å². The molecule has 1 fully saturated rings. The van der Waals surface area contributed by atoms with E-state index in [1.54, 1.807) is 6.92 Å². The van der Waals surface area contributed by atoms with Crippen molar-refractivity contribution in [3.05, 3.63) is 29.3 Å². The number of hydrogen-bond acceptors (Lipinski definition) is 4. The normalized spacial score (nSPS) is 16.6.